The molecular formula is C10H16Cl2N4. The zero-order chi connectivity index (χ0) is 12.1. The Morgan fingerprint density at radius 2 is 1.81 bits per heavy atom. The fourth-order valence-corrected chi connectivity index (χ4v) is 1.97. The molecule has 16 heavy (non-hydrogen) atoms. The van der Waals surface area contributed by atoms with Gasteiger partial charge in [0.25, 0.3) is 0 Å². The van der Waals surface area contributed by atoms with E-state index in [4.69, 9.17) is 23.2 Å². The summed E-state index contributed by atoms with van der Waals surface area (Å²) in [7, 11) is 0. The van der Waals surface area contributed by atoms with E-state index in [1.54, 1.807) is 0 Å². The lowest BCUT2D eigenvalue weighted by Gasteiger charge is -2.22. The minimum Gasteiger partial charge on any atom is -0.365 e. The number of nitrogens with one attached hydrogen (secondary N) is 1. The number of hydrogen-bond acceptors (Lipinski definition) is 4. The SMILES string of the molecule is CCC(CC)C(C)Nc1nc(Cl)nnc1Cl. The van der Waals surface area contributed by atoms with Gasteiger partial charge in [-0.3, -0.25) is 0 Å². The number of nitrogens with zero attached hydrogens (tertiary/aromatic N) is 3. The van der Waals surface area contributed by atoms with Crippen molar-refractivity contribution in [3.63, 3.8) is 0 Å². The fourth-order valence-electron chi connectivity index (χ4n) is 1.71. The maximum Gasteiger partial charge on any atom is 0.245 e. The van der Waals surface area contributed by atoms with Crippen molar-refractivity contribution in [1.29, 1.82) is 0 Å². The van der Waals surface area contributed by atoms with Gasteiger partial charge in [-0.25, -0.2) is 0 Å². The number of anilines is 1. The zero-order valence-electron chi connectivity index (χ0n) is 9.67. The molecule has 0 fully saturated rings. The van der Waals surface area contributed by atoms with Gasteiger partial charge in [0.1, 0.15) is 0 Å². The minimum absolute atomic E-state index is 0.101. The molecular weight excluding hydrogens is 247 g/mol. The molecule has 1 heterocycles. The van der Waals surface area contributed by atoms with Crippen molar-refractivity contribution in [2.75, 3.05) is 5.32 Å². The van der Waals surface area contributed by atoms with Gasteiger partial charge >= 0.3 is 0 Å². The van der Waals surface area contributed by atoms with E-state index < -0.39 is 0 Å². The first-order valence-corrected chi connectivity index (χ1v) is 6.16. The second-order valence-electron chi connectivity index (χ2n) is 3.73. The second kappa shape index (κ2) is 6.21. The van der Waals surface area contributed by atoms with E-state index >= 15 is 0 Å². The molecule has 0 saturated heterocycles. The lowest BCUT2D eigenvalue weighted by atomic mass is 9.96. The van der Waals surface area contributed by atoms with Crippen LogP contribution >= 0.6 is 23.2 Å². The Morgan fingerprint density at radius 1 is 1.19 bits per heavy atom. The highest BCUT2D eigenvalue weighted by atomic mass is 35.5. The normalized spacial score (nSPS) is 12.9. The Hall–Kier alpha value is -0.610. The molecule has 1 aromatic heterocycles. The summed E-state index contributed by atoms with van der Waals surface area (Å²) in [5.74, 6) is 1.07. The molecule has 0 amide bonds. The molecule has 6 heteroatoms. The highest BCUT2D eigenvalue weighted by molar-refractivity contribution is 6.32. The summed E-state index contributed by atoms with van der Waals surface area (Å²) in [5, 5.41) is 10.8. The summed E-state index contributed by atoms with van der Waals surface area (Å²) in [5.41, 5.74) is 0. The van der Waals surface area contributed by atoms with Crippen molar-refractivity contribution in [1.82, 2.24) is 15.2 Å². The Morgan fingerprint density at radius 3 is 2.38 bits per heavy atom. The standard InChI is InChI=1S/C10H16Cl2N4/c1-4-7(5-2)6(3)13-9-8(11)15-16-10(12)14-9/h6-7H,4-5H2,1-3H3,(H,13,14,16). The zero-order valence-corrected chi connectivity index (χ0v) is 11.2. The molecule has 0 aromatic carbocycles. The number of rotatable bonds is 5. The van der Waals surface area contributed by atoms with E-state index in [2.05, 4.69) is 41.3 Å². The molecule has 4 nitrogen and oxygen atoms in total. The van der Waals surface area contributed by atoms with Crippen LogP contribution in [0, 0.1) is 5.92 Å². The second-order valence-corrected chi connectivity index (χ2v) is 4.43. The largest absolute Gasteiger partial charge is 0.365 e. The average molecular weight is 263 g/mol. The number of halogens is 2. The number of aromatic nitrogens is 3. The third-order valence-corrected chi connectivity index (χ3v) is 3.15. The highest BCUT2D eigenvalue weighted by Gasteiger charge is 2.16. The molecule has 0 spiro atoms. The van der Waals surface area contributed by atoms with Crippen molar-refractivity contribution in [3.8, 4) is 0 Å². The van der Waals surface area contributed by atoms with Crippen LogP contribution in [0.4, 0.5) is 5.82 Å². The van der Waals surface area contributed by atoms with E-state index in [-0.39, 0.29) is 16.5 Å². The van der Waals surface area contributed by atoms with Gasteiger partial charge in [-0.05, 0) is 24.4 Å². The summed E-state index contributed by atoms with van der Waals surface area (Å²) >= 11 is 11.5. The Balaban J connectivity index is 2.75. The Labute approximate surface area is 106 Å². The fraction of sp³-hybridized carbons (Fsp3) is 0.700. The van der Waals surface area contributed by atoms with Gasteiger partial charge in [0, 0.05) is 6.04 Å². The first kappa shape index (κ1) is 13.5. The first-order valence-electron chi connectivity index (χ1n) is 5.40. The van der Waals surface area contributed by atoms with Crippen molar-refractivity contribution in [2.45, 2.75) is 39.7 Å². The van der Waals surface area contributed by atoms with E-state index in [1.807, 2.05) is 0 Å². The number of hydrogen-bond donors (Lipinski definition) is 1. The lowest BCUT2D eigenvalue weighted by Crippen LogP contribution is -2.26. The monoisotopic (exact) mass is 262 g/mol. The van der Waals surface area contributed by atoms with Gasteiger partial charge in [-0.1, -0.05) is 38.3 Å². The smallest absolute Gasteiger partial charge is 0.245 e. The van der Waals surface area contributed by atoms with Crippen molar-refractivity contribution in [2.24, 2.45) is 5.92 Å². The quantitative estimate of drug-likeness (QED) is 0.884. The summed E-state index contributed by atoms with van der Waals surface area (Å²) < 4.78 is 0. The molecule has 0 saturated carbocycles. The van der Waals surface area contributed by atoms with Gasteiger partial charge in [-0.15, -0.1) is 10.2 Å². The first-order chi connectivity index (χ1) is 7.58. The van der Waals surface area contributed by atoms with Gasteiger partial charge < -0.3 is 5.32 Å². The highest BCUT2D eigenvalue weighted by Crippen LogP contribution is 2.21. The molecule has 1 N–H and O–H groups in total. The van der Waals surface area contributed by atoms with E-state index in [9.17, 15) is 0 Å². The summed E-state index contributed by atoms with van der Waals surface area (Å²) in [4.78, 5) is 4.01. The third kappa shape index (κ3) is 3.46. The van der Waals surface area contributed by atoms with Crippen LogP contribution in [0.15, 0.2) is 0 Å². The van der Waals surface area contributed by atoms with Crippen molar-refractivity contribution in [3.05, 3.63) is 10.4 Å². The predicted octanol–water partition coefficient (Wildman–Crippen LogP) is 3.42. The van der Waals surface area contributed by atoms with E-state index in [1.165, 1.54) is 0 Å². The summed E-state index contributed by atoms with van der Waals surface area (Å²) in [6, 6.07) is 0.278. The predicted molar refractivity (Wildman–Crippen MR) is 67.0 cm³/mol. The van der Waals surface area contributed by atoms with Gasteiger partial charge in [-0.2, -0.15) is 4.98 Å². The summed E-state index contributed by atoms with van der Waals surface area (Å²) in [6.07, 6.45) is 2.21. The molecule has 0 radical (unpaired) electrons. The summed E-state index contributed by atoms with van der Waals surface area (Å²) in [6.45, 7) is 6.43. The van der Waals surface area contributed by atoms with Gasteiger partial charge in [0.2, 0.25) is 5.28 Å². The van der Waals surface area contributed by atoms with Crippen LogP contribution in [0.1, 0.15) is 33.6 Å². The molecule has 1 rings (SSSR count). The minimum atomic E-state index is 0.101. The van der Waals surface area contributed by atoms with Crippen molar-refractivity contribution >= 4 is 29.0 Å². The van der Waals surface area contributed by atoms with Gasteiger partial charge in [0.05, 0.1) is 0 Å². The van der Waals surface area contributed by atoms with Gasteiger partial charge in [0.15, 0.2) is 11.0 Å². The molecule has 90 valence electrons. The molecule has 0 bridgehead atoms. The Bertz CT molecular complexity index is 342. The third-order valence-electron chi connectivity index (χ3n) is 2.74. The topological polar surface area (TPSA) is 50.7 Å². The molecule has 1 unspecified atom stereocenters. The van der Waals surface area contributed by atoms with Crippen molar-refractivity contribution < 1.29 is 0 Å². The van der Waals surface area contributed by atoms with E-state index in [0.717, 1.165) is 12.8 Å². The molecule has 0 aliphatic rings. The van der Waals surface area contributed by atoms with Crippen LogP contribution in [0.2, 0.25) is 10.4 Å². The van der Waals surface area contributed by atoms with Crippen LogP contribution in [0.5, 0.6) is 0 Å². The van der Waals surface area contributed by atoms with Crippen LogP contribution in [0.3, 0.4) is 0 Å². The van der Waals surface area contributed by atoms with Crippen LogP contribution < -0.4 is 5.32 Å². The molecule has 1 aromatic rings. The molecule has 0 aliphatic heterocycles. The molecule has 0 aliphatic carbocycles. The van der Waals surface area contributed by atoms with Crippen LogP contribution in [-0.2, 0) is 0 Å². The molecule has 1 atom stereocenters. The average Bonchev–Trinajstić information content (AvgIpc) is 2.25. The van der Waals surface area contributed by atoms with Crippen LogP contribution in [0.25, 0.3) is 0 Å². The maximum atomic E-state index is 5.87. The maximum absolute atomic E-state index is 5.87. The van der Waals surface area contributed by atoms with Crippen LogP contribution in [-0.4, -0.2) is 21.2 Å². The lowest BCUT2D eigenvalue weighted by molar-refractivity contribution is 0.437. The Kier molecular flexibility index (Phi) is 5.22. The van der Waals surface area contributed by atoms with E-state index in [0.29, 0.717) is 11.7 Å².